The molecule has 0 unspecified atom stereocenters. The smallest absolute Gasteiger partial charge is 0.280 e. The van der Waals surface area contributed by atoms with E-state index in [9.17, 15) is 18.0 Å². The van der Waals surface area contributed by atoms with Crippen molar-refractivity contribution >= 4 is 43.8 Å². The molecule has 0 bridgehead atoms. The van der Waals surface area contributed by atoms with Gasteiger partial charge >= 0.3 is 0 Å². The zero-order chi connectivity index (χ0) is 28.8. The summed E-state index contributed by atoms with van der Waals surface area (Å²) in [5, 5.41) is 7.08. The quantitative estimate of drug-likeness (QED) is 0.301. The Morgan fingerprint density at radius 2 is 1.95 bits per heavy atom. The highest BCUT2D eigenvalue weighted by Crippen LogP contribution is 2.33. The summed E-state index contributed by atoms with van der Waals surface area (Å²) < 4.78 is 35.5. The molecule has 222 valence electrons. The number of carbonyl (C=O) groups is 2. The number of carbonyl (C=O) groups excluding carboxylic acids is 2. The van der Waals surface area contributed by atoms with Crippen molar-refractivity contribution in [2.24, 2.45) is 5.16 Å². The molecule has 3 aliphatic rings. The highest BCUT2D eigenvalue weighted by Gasteiger charge is 2.37. The molecule has 3 fully saturated rings. The van der Waals surface area contributed by atoms with Gasteiger partial charge in [-0.1, -0.05) is 17.3 Å². The predicted molar refractivity (Wildman–Crippen MR) is 153 cm³/mol. The van der Waals surface area contributed by atoms with Gasteiger partial charge in [0, 0.05) is 62.9 Å². The first-order valence-electron chi connectivity index (χ1n) is 13.7. The van der Waals surface area contributed by atoms with Crippen LogP contribution in [0, 0.1) is 0 Å². The second-order valence-corrected chi connectivity index (χ2v) is 13.7. The van der Waals surface area contributed by atoms with Gasteiger partial charge in [0.2, 0.25) is 5.91 Å². The Kier molecular flexibility index (Phi) is 9.65. The number of ether oxygens (including phenoxy) is 2. The molecule has 1 aromatic carbocycles. The molecule has 1 atom stereocenters. The Morgan fingerprint density at radius 3 is 2.66 bits per heavy atom. The Bertz CT molecular complexity index is 1350. The van der Waals surface area contributed by atoms with E-state index in [0.29, 0.717) is 62.8 Å². The molecule has 1 saturated carbocycles. The third-order valence-electron chi connectivity index (χ3n) is 7.18. The zero-order valence-corrected chi connectivity index (χ0v) is 24.6. The van der Waals surface area contributed by atoms with Gasteiger partial charge in [-0.2, -0.15) is 0 Å². The van der Waals surface area contributed by atoms with E-state index in [2.05, 4.69) is 20.4 Å². The monoisotopic (exact) mass is 605 g/mol. The summed E-state index contributed by atoms with van der Waals surface area (Å²) in [6, 6.07) is 6.18. The number of sulfone groups is 1. The molecule has 1 N–H and O–H groups in total. The molecule has 1 aliphatic carbocycles. The van der Waals surface area contributed by atoms with E-state index < -0.39 is 15.7 Å². The highest BCUT2D eigenvalue weighted by molar-refractivity contribution is 7.92. The van der Waals surface area contributed by atoms with Crippen LogP contribution in [0.5, 0.6) is 0 Å². The number of benzene rings is 1. The minimum atomic E-state index is -3.35. The maximum Gasteiger partial charge on any atom is 0.280 e. The van der Waals surface area contributed by atoms with Gasteiger partial charge in [0.15, 0.2) is 26.8 Å². The minimum Gasteiger partial charge on any atom is -0.389 e. The fourth-order valence-corrected chi connectivity index (χ4v) is 7.24. The number of amides is 2. The maximum absolute atomic E-state index is 13.4. The number of thiazole rings is 1. The molecule has 41 heavy (non-hydrogen) atoms. The number of hydrogen-bond acceptors (Lipinski definition) is 11. The van der Waals surface area contributed by atoms with Gasteiger partial charge in [-0.15, -0.1) is 11.3 Å². The second kappa shape index (κ2) is 13.4. The van der Waals surface area contributed by atoms with Gasteiger partial charge in [0.05, 0.1) is 23.4 Å². The van der Waals surface area contributed by atoms with Crippen LogP contribution in [0.15, 0.2) is 40.5 Å². The molecular weight excluding hydrogens is 570 g/mol. The molecule has 3 heterocycles. The Hall–Kier alpha value is -2.91. The summed E-state index contributed by atoms with van der Waals surface area (Å²) in [6.45, 7) is 4.62. The lowest BCUT2D eigenvalue weighted by atomic mass is 10.1. The Morgan fingerprint density at radius 1 is 1.15 bits per heavy atom. The van der Waals surface area contributed by atoms with Crippen LogP contribution in [0.3, 0.4) is 0 Å². The van der Waals surface area contributed by atoms with Gasteiger partial charge in [0.25, 0.3) is 5.91 Å². The second-order valence-electron chi connectivity index (χ2n) is 10.3. The predicted octanol–water partition coefficient (Wildman–Crippen LogP) is 1.91. The molecule has 0 spiro atoms. The van der Waals surface area contributed by atoms with Crippen molar-refractivity contribution in [1.82, 2.24) is 14.8 Å². The molecule has 12 nitrogen and oxygen atoms in total. The molecule has 5 rings (SSSR count). The van der Waals surface area contributed by atoms with E-state index in [1.54, 1.807) is 18.3 Å². The van der Waals surface area contributed by atoms with Crippen molar-refractivity contribution < 1.29 is 32.3 Å². The number of aromatic nitrogens is 1. The molecular formula is C27H35N5O7S2. The normalized spacial score (nSPS) is 20.6. The zero-order valence-electron chi connectivity index (χ0n) is 23.0. The molecule has 1 aromatic heterocycles. The average Bonchev–Trinajstić information content (AvgIpc) is 3.62. The summed E-state index contributed by atoms with van der Waals surface area (Å²) >= 11 is 1.37. The number of anilines is 1. The van der Waals surface area contributed by atoms with E-state index in [0.717, 1.165) is 24.4 Å². The number of hydrogen-bond donors (Lipinski definition) is 1. The summed E-state index contributed by atoms with van der Waals surface area (Å²) in [5.41, 5.74) is 0.461. The van der Waals surface area contributed by atoms with Crippen molar-refractivity contribution in [3.05, 3.63) is 40.9 Å². The molecule has 2 aromatic rings. The van der Waals surface area contributed by atoms with Gasteiger partial charge in [-0.25, -0.2) is 13.4 Å². The van der Waals surface area contributed by atoms with Crippen molar-refractivity contribution in [2.75, 3.05) is 58.4 Å². The summed E-state index contributed by atoms with van der Waals surface area (Å²) in [6.07, 6.45) is 4.37. The summed E-state index contributed by atoms with van der Waals surface area (Å²) in [7, 11) is -1.83. The average molecular weight is 606 g/mol. The fraction of sp³-hybridized carbons (Fsp3) is 0.556. The van der Waals surface area contributed by atoms with Crippen LogP contribution in [0.4, 0.5) is 5.13 Å². The SMILES string of the molecule is COCC(=O)N1CCCN(Cc2cnc(NC(=O)C(=NO[C@@H]3CCOC3)c3ccc(S(=O)(=O)C4CC4)cc3)s2)CC1. The molecule has 0 radical (unpaired) electrons. The number of methoxy groups -OCH3 is 1. The highest BCUT2D eigenvalue weighted by atomic mass is 32.2. The van der Waals surface area contributed by atoms with Crippen LogP contribution in [-0.4, -0.2) is 105 Å². The number of nitrogens with zero attached hydrogens (tertiary/aromatic N) is 4. The third kappa shape index (κ3) is 7.68. The fourth-order valence-electron chi connectivity index (χ4n) is 4.73. The van der Waals surface area contributed by atoms with Crippen molar-refractivity contribution in [2.45, 2.75) is 48.5 Å². The lowest BCUT2D eigenvalue weighted by molar-refractivity contribution is -0.135. The molecule has 14 heteroatoms. The first-order chi connectivity index (χ1) is 19.8. The lowest BCUT2D eigenvalue weighted by Crippen LogP contribution is -2.37. The van der Waals surface area contributed by atoms with Gasteiger partial charge in [-0.05, 0) is 31.4 Å². The van der Waals surface area contributed by atoms with Gasteiger partial charge < -0.3 is 19.2 Å². The largest absolute Gasteiger partial charge is 0.389 e. The van der Waals surface area contributed by atoms with E-state index in [1.165, 1.54) is 30.6 Å². The number of rotatable bonds is 11. The first-order valence-corrected chi connectivity index (χ1v) is 16.1. The van der Waals surface area contributed by atoms with Crippen molar-refractivity contribution in [3.63, 3.8) is 0 Å². The lowest BCUT2D eigenvalue weighted by Gasteiger charge is -2.21. The Balaban J connectivity index is 1.24. The van der Waals surface area contributed by atoms with Gasteiger partial charge in [0.1, 0.15) is 6.61 Å². The van der Waals surface area contributed by atoms with Crippen LogP contribution in [0.25, 0.3) is 0 Å². The van der Waals surface area contributed by atoms with E-state index in [4.69, 9.17) is 14.3 Å². The van der Waals surface area contributed by atoms with Crippen LogP contribution < -0.4 is 5.32 Å². The topological polar surface area (TPSA) is 140 Å². The number of oxime groups is 1. The van der Waals surface area contributed by atoms with Gasteiger partial charge in [-0.3, -0.25) is 19.8 Å². The summed E-state index contributed by atoms with van der Waals surface area (Å²) in [4.78, 5) is 40.8. The van der Waals surface area contributed by atoms with Crippen LogP contribution in [0.2, 0.25) is 0 Å². The van der Waals surface area contributed by atoms with Crippen molar-refractivity contribution in [3.8, 4) is 0 Å². The molecule has 2 amide bonds. The third-order valence-corrected chi connectivity index (χ3v) is 10.4. The minimum absolute atomic E-state index is 0.00165. The maximum atomic E-state index is 13.4. The molecule has 2 saturated heterocycles. The summed E-state index contributed by atoms with van der Waals surface area (Å²) in [5.74, 6) is -0.511. The van der Waals surface area contributed by atoms with E-state index in [-0.39, 0.29) is 34.5 Å². The first kappa shape index (κ1) is 29.6. The van der Waals surface area contributed by atoms with E-state index in [1.807, 2.05) is 4.90 Å². The Labute approximate surface area is 243 Å². The van der Waals surface area contributed by atoms with Crippen molar-refractivity contribution in [1.29, 1.82) is 0 Å². The standard InChI is InChI=1S/C27H35N5O7S2/c1-37-18-24(33)32-11-2-10-31(12-13-32)16-21-15-28-27(40-21)29-26(34)25(30-39-20-9-14-38-17-20)19-3-5-22(6-4-19)41(35,36)23-7-8-23/h3-6,15,20,23H,2,7-14,16-18H2,1H3,(H,28,29,34)/t20-/m1/s1. The molecule has 2 aliphatic heterocycles. The van der Waals surface area contributed by atoms with Crippen LogP contribution in [0.1, 0.15) is 36.1 Å². The number of nitrogens with one attached hydrogen (secondary N) is 1. The van der Waals surface area contributed by atoms with E-state index >= 15 is 0 Å². The van der Waals surface area contributed by atoms with Crippen LogP contribution >= 0.6 is 11.3 Å². The van der Waals surface area contributed by atoms with Crippen LogP contribution in [-0.2, 0) is 40.3 Å².